The molecule has 2 aromatic rings. The van der Waals surface area contributed by atoms with Crippen molar-refractivity contribution < 1.29 is 4.79 Å². The highest BCUT2D eigenvalue weighted by Gasteiger charge is 2.16. The molecule has 0 bridgehead atoms. The molecular formula is C16H21NOS2. The van der Waals surface area contributed by atoms with E-state index in [1.54, 1.807) is 22.7 Å². The first-order chi connectivity index (χ1) is 9.60. The highest BCUT2D eigenvalue weighted by atomic mass is 32.1. The summed E-state index contributed by atoms with van der Waals surface area (Å²) >= 11 is 3.41. The molecule has 20 heavy (non-hydrogen) atoms. The fourth-order valence-electron chi connectivity index (χ4n) is 2.05. The van der Waals surface area contributed by atoms with Crippen molar-refractivity contribution in [3.05, 3.63) is 44.3 Å². The molecule has 0 aromatic carbocycles. The maximum absolute atomic E-state index is 12.3. The molecule has 0 saturated carbocycles. The van der Waals surface area contributed by atoms with Gasteiger partial charge in [0.2, 0.25) is 0 Å². The van der Waals surface area contributed by atoms with E-state index in [1.165, 1.54) is 9.75 Å². The van der Waals surface area contributed by atoms with E-state index in [2.05, 4.69) is 42.3 Å². The number of likely N-dealkylation sites (N-methyl/N-ethyl adjacent to an activating group) is 1. The largest absolute Gasteiger partial charge is 0.296 e. The van der Waals surface area contributed by atoms with E-state index in [-0.39, 0.29) is 5.78 Å². The molecule has 2 nitrogen and oxygen atoms in total. The average Bonchev–Trinajstić information content (AvgIpc) is 3.09. The summed E-state index contributed by atoms with van der Waals surface area (Å²) in [6, 6.07) is 8.64. The van der Waals surface area contributed by atoms with Crippen LogP contribution in [0.1, 0.15) is 33.3 Å². The standard InChI is InChI=1S/C16H21NOS2/c1-4-13-7-8-16(20-13)15(18)11-17(3)12(2)10-14-6-5-9-19-14/h5-9,12H,4,10-11H2,1-3H3. The van der Waals surface area contributed by atoms with Gasteiger partial charge in [-0.25, -0.2) is 0 Å². The Morgan fingerprint density at radius 2 is 2.10 bits per heavy atom. The van der Waals surface area contributed by atoms with Gasteiger partial charge in [0.05, 0.1) is 11.4 Å². The summed E-state index contributed by atoms with van der Waals surface area (Å²) in [6.07, 6.45) is 2.01. The van der Waals surface area contributed by atoms with Gasteiger partial charge in [-0.05, 0) is 50.4 Å². The molecule has 2 heterocycles. The van der Waals surface area contributed by atoms with Crippen molar-refractivity contribution in [3.8, 4) is 0 Å². The summed E-state index contributed by atoms with van der Waals surface area (Å²) in [6.45, 7) is 4.80. The Hall–Kier alpha value is -0.970. The van der Waals surface area contributed by atoms with E-state index in [0.717, 1.165) is 17.7 Å². The number of rotatable bonds is 7. The highest BCUT2D eigenvalue weighted by Crippen LogP contribution is 2.19. The van der Waals surface area contributed by atoms with Crippen LogP contribution in [0.4, 0.5) is 0 Å². The number of thiophene rings is 2. The van der Waals surface area contributed by atoms with Crippen molar-refractivity contribution in [2.45, 2.75) is 32.7 Å². The van der Waals surface area contributed by atoms with Crippen LogP contribution >= 0.6 is 22.7 Å². The van der Waals surface area contributed by atoms with Crippen molar-refractivity contribution in [2.75, 3.05) is 13.6 Å². The summed E-state index contributed by atoms with van der Waals surface area (Å²) in [5, 5.41) is 2.10. The second kappa shape index (κ2) is 7.16. The SMILES string of the molecule is CCc1ccc(C(=O)CN(C)C(C)Cc2cccs2)s1. The fourth-order valence-corrected chi connectivity index (χ4v) is 3.76. The third kappa shape index (κ3) is 4.01. The van der Waals surface area contributed by atoms with Gasteiger partial charge < -0.3 is 0 Å². The van der Waals surface area contributed by atoms with Gasteiger partial charge in [0, 0.05) is 15.8 Å². The normalized spacial score (nSPS) is 12.8. The molecule has 0 spiro atoms. The molecule has 108 valence electrons. The van der Waals surface area contributed by atoms with Gasteiger partial charge in [-0.3, -0.25) is 9.69 Å². The van der Waals surface area contributed by atoms with Crippen LogP contribution in [-0.4, -0.2) is 30.3 Å². The summed E-state index contributed by atoms with van der Waals surface area (Å²) in [4.78, 5) is 18.0. The zero-order chi connectivity index (χ0) is 14.5. The van der Waals surface area contributed by atoms with Gasteiger partial charge in [0.15, 0.2) is 5.78 Å². The third-order valence-corrected chi connectivity index (χ3v) is 5.68. The first-order valence-corrected chi connectivity index (χ1v) is 8.64. The number of nitrogens with zero attached hydrogens (tertiary/aromatic N) is 1. The molecular weight excluding hydrogens is 286 g/mol. The van der Waals surface area contributed by atoms with Crippen LogP contribution in [0.5, 0.6) is 0 Å². The quantitative estimate of drug-likeness (QED) is 0.717. The Bertz CT molecular complexity index is 545. The van der Waals surface area contributed by atoms with Gasteiger partial charge in [0.1, 0.15) is 0 Å². The molecule has 1 atom stereocenters. The summed E-state index contributed by atoms with van der Waals surface area (Å²) in [5.41, 5.74) is 0. The van der Waals surface area contributed by atoms with Crippen LogP contribution in [0.15, 0.2) is 29.6 Å². The molecule has 0 fully saturated rings. The van der Waals surface area contributed by atoms with E-state index >= 15 is 0 Å². The lowest BCUT2D eigenvalue weighted by Crippen LogP contribution is -2.35. The number of Topliss-reactive ketones (excluding diaryl/α,β-unsaturated/α-hetero) is 1. The van der Waals surface area contributed by atoms with Crippen LogP contribution < -0.4 is 0 Å². The topological polar surface area (TPSA) is 20.3 Å². The molecule has 0 N–H and O–H groups in total. The predicted molar refractivity (Wildman–Crippen MR) is 88.1 cm³/mol. The number of hydrogen-bond acceptors (Lipinski definition) is 4. The number of ketones is 1. The second-order valence-corrected chi connectivity index (χ2v) is 7.29. The van der Waals surface area contributed by atoms with Crippen molar-refractivity contribution in [1.82, 2.24) is 4.90 Å². The van der Waals surface area contributed by atoms with Gasteiger partial charge in [-0.1, -0.05) is 13.0 Å². The van der Waals surface area contributed by atoms with Crippen molar-refractivity contribution in [3.63, 3.8) is 0 Å². The minimum atomic E-state index is 0.232. The zero-order valence-electron chi connectivity index (χ0n) is 12.3. The summed E-state index contributed by atoms with van der Waals surface area (Å²) in [5.74, 6) is 0.232. The number of hydrogen-bond donors (Lipinski definition) is 0. The van der Waals surface area contributed by atoms with Crippen LogP contribution in [-0.2, 0) is 12.8 Å². The Morgan fingerprint density at radius 3 is 2.70 bits per heavy atom. The van der Waals surface area contributed by atoms with Crippen molar-refractivity contribution in [1.29, 1.82) is 0 Å². The molecule has 2 rings (SSSR count). The minimum absolute atomic E-state index is 0.232. The van der Waals surface area contributed by atoms with Gasteiger partial charge >= 0.3 is 0 Å². The maximum atomic E-state index is 12.3. The van der Waals surface area contributed by atoms with Gasteiger partial charge in [-0.2, -0.15) is 0 Å². The predicted octanol–water partition coefficient (Wildman–Crippen LogP) is 4.12. The molecule has 0 aliphatic heterocycles. The van der Waals surface area contributed by atoms with Crippen LogP contribution in [0.3, 0.4) is 0 Å². The molecule has 0 saturated heterocycles. The molecule has 0 aliphatic carbocycles. The van der Waals surface area contributed by atoms with Crippen molar-refractivity contribution >= 4 is 28.5 Å². The zero-order valence-corrected chi connectivity index (χ0v) is 13.9. The summed E-state index contributed by atoms with van der Waals surface area (Å²) in [7, 11) is 2.03. The molecule has 2 aromatic heterocycles. The van der Waals surface area contributed by atoms with Crippen LogP contribution in [0.25, 0.3) is 0 Å². The fraction of sp³-hybridized carbons (Fsp3) is 0.438. The van der Waals surface area contributed by atoms with E-state index in [9.17, 15) is 4.79 Å². The molecule has 4 heteroatoms. The van der Waals surface area contributed by atoms with Crippen LogP contribution in [0, 0.1) is 0 Å². The van der Waals surface area contributed by atoms with E-state index < -0.39 is 0 Å². The smallest absolute Gasteiger partial charge is 0.186 e. The molecule has 0 radical (unpaired) electrons. The lowest BCUT2D eigenvalue weighted by atomic mass is 10.1. The minimum Gasteiger partial charge on any atom is -0.296 e. The lowest BCUT2D eigenvalue weighted by Gasteiger charge is -2.23. The first kappa shape index (κ1) is 15.4. The maximum Gasteiger partial charge on any atom is 0.186 e. The van der Waals surface area contributed by atoms with Crippen molar-refractivity contribution in [2.24, 2.45) is 0 Å². The molecule has 1 unspecified atom stereocenters. The lowest BCUT2D eigenvalue weighted by molar-refractivity contribution is 0.0929. The Balaban J connectivity index is 1.89. The Labute approximate surface area is 129 Å². The van der Waals surface area contributed by atoms with E-state index in [4.69, 9.17) is 0 Å². The number of aryl methyl sites for hydroxylation is 1. The number of carbonyl (C=O) groups excluding carboxylic acids is 1. The Kier molecular flexibility index (Phi) is 5.52. The van der Waals surface area contributed by atoms with Crippen LogP contribution in [0.2, 0.25) is 0 Å². The average molecular weight is 307 g/mol. The molecule has 0 amide bonds. The first-order valence-electron chi connectivity index (χ1n) is 6.94. The monoisotopic (exact) mass is 307 g/mol. The second-order valence-electron chi connectivity index (χ2n) is 5.09. The van der Waals surface area contributed by atoms with Gasteiger partial charge in [0.25, 0.3) is 0 Å². The molecule has 0 aliphatic rings. The van der Waals surface area contributed by atoms with E-state index in [0.29, 0.717) is 12.6 Å². The van der Waals surface area contributed by atoms with Gasteiger partial charge in [-0.15, -0.1) is 22.7 Å². The highest BCUT2D eigenvalue weighted by molar-refractivity contribution is 7.14. The number of carbonyl (C=O) groups is 1. The summed E-state index contributed by atoms with van der Waals surface area (Å²) < 4.78 is 0. The Morgan fingerprint density at radius 1 is 1.30 bits per heavy atom. The van der Waals surface area contributed by atoms with E-state index in [1.807, 2.05) is 13.1 Å². The third-order valence-electron chi connectivity index (χ3n) is 3.51.